The summed E-state index contributed by atoms with van der Waals surface area (Å²) in [6.45, 7) is 2.54. The van der Waals surface area contributed by atoms with E-state index in [1.54, 1.807) is 6.08 Å². The van der Waals surface area contributed by atoms with Gasteiger partial charge in [-0.3, -0.25) is 4.79 Å². The molecule has 0 aromatic rings. The standard InChI is InChI=1S/C56H97NO13/c1-3-5-7-9-10-11-12-13-14-15-16-17-18-19-20-21-22-23-24-25-26-27-28-29-30-31-32-33-34-36-38-40-48(61)57-44(45(60)39-37-35-8-6-4-2)43-67-55-53(66)51(64)54(47(42-59)69-55)70-56-52(65)50(63)49(62)46(41-58)68-56/h5,7,10-11,13-14,16-17,19-20,37,39,44-47,49-56,58-60,62-66H,3-4,6,8-9,12,15,18,21-36,38,40-43H2,1-2H3,(H,57,61)/b7-5-,11-10-,14-13-,17-16-,20-19-,39-37+. The monoisotopic (exact) mass is 992 g/mol. The van der Waals surface area contributed by atoms with Gasteiger partial charge in [-0.05, 0) is 64.2 Å². The molecule has 0 aromatic heterocycles. The number of hydrogen-bond donors (Lipinski definition) is 9. The summed E-state index contributed by atoms with van der Waals surface area (Å²) >= 11 is 0. The fourth-order valence-corrected chi connectivity index (χ4v) is 8.49. The lowest BCUT2D eigenvalue weighted by Gasteiger charge is -2.46. The van der Waals surface area contributed by atoms with Crippen molar-refractivity contribution in [3.8, 4) is 0 Å². The Kier molecular flexibility index (Phi) is 38.0. The van der Waals surface area contributed by atoms with Crippen LogP contribution in [0.5, 0.6) is 0 Å². The lowest BCUT2D eigenvalue weighted by molar-refractivity contribution is -0.359. The summed E-state index contributed by atoms with van der Waals surface area (Å²) in [5.41, 5.74) is 0. The number of rotatable bonds is 41. The van der Waals surface area contributed by atoms with Crippen molar-refractivity contribution in [3.63, 3.8) is 0 Å². The molecule has 14 nitrogen and oxygen atoms in total. The van der Waals surface area contributed by atoms with Crippen LogP contribution in [0.15, 0.2) is 72.9 Å². The van der Waals surface area contributed by atoms with Crippen molar-refractivity contribution >= 4 is 5.91 Å². The molecular weight excluding hydrogens is 895 g/mol. The highest BCUT2D eigenvalue weighted by Crippen LogP contribution is 2.30. The van der Waals surface area contributed by atoms with Crippen LogP contribution in [0.25, 0.3) is 0 Å². The quantitative estimate of drug-likeness (QED) is 0.0209. The van der Waals surface area contributed by atoms with Crippen molar-refractivity contribution in [3.05, 3.63) is 72.9 Å². The maximum absolute atomic E-state index is 13.1. The van der Waals surface area contributed by atoms with Crippen LogP contribution < -0.4 is 5.32 Å². The fourth-order valence-electron chi connectivity index (χ4n) is 8.49. The molecular formula is C56H97NO13. The molecule has 2 heterocycles. The van der Waals surface area contributed by atoms with E-state index in [0.717, 1.165) is 77.0 Å². The molecule has 12 unspecified atom stereocenters. The van der Waals surface area contributed by atoms with E-state index >= 15 is 0 Å². The van der Waals surface area contributed by atoms with Gasteiger partial charge in [-0.25, -0.2) is 0 Å². The fraction of sp³-hybridized carbons (Fsp3) is 0.768. The second-order valence-corrected chi connectivity index (χ2v) is 19.0. The van der Waals surface area contributed by atoms with Gasteiger partial charge in [-0.1, -0.05) is 183 Å². The molecule has 0 radical (unpaired) electrons. The Hall–Kier alpha value is -2.57. The molecule has 70 heavy (non-hydrogen) atoms. The van der Waals surface area contributed by atoms with Gasteiger partial charge in [0, 0.05) is 6.42 Å². The molecule has 1 amide bonds. The summed E-state index contributed by atoms with van der Waals surface area (Å²) in [6.07, 6.45) is 37.4. The van der Waals surface area contributed by atoms with Gasteiger partial charge in [0.05, 0.1) is 32.0 Å². The average molecular weight is 992 g/mol. The van der Waals surface area contributed by atoms with E-state index < -0.39 is 86.8 Å². The van der Waals surface area contributed by atoms with Crippen LogP contribution in [-0.2, 0) is 23.7 Å². The molecule has 14 heteroatoms. The third-order valence-electron chi connectivity index (χ3n) is 12.9. The largest absolute Gasteiger partial charge is 0.394 e. The second-order valence-electron chi connectivity index (χ2n) is 19.0. The Bertz CT molecular complexity index is 1450. The number of nitrogens with one attached hydrogen (secondary N) is 1. The minimum atomic E-state index is -1.79. The summed E-state index contributed by atoms with van der Waals surface area (Å²) in [5.74, 6) is -0.250. The highest BCUT2D eigenvalue weighted by molar-refractivity contribution is 5.76. The summed E-state index contributed by atoms with van der Waals surface area (Å²) in [5, 5.41) is 86.3. The first-order valence-electron chi connectivity index (χ1n) is 27.2. The first-order valence-corrected chi connectivity index (χ1v) is 27.2. The van der Waals surface area contributed by atoms with Gasteiger partial charge in [0.25, 0.3) is 0 Å². The zero-order valence-corrected chi connectivity index (χ0v) is 43.0. The van der Waals surface area contributed by atoms with Gasteiger partial charge in [0.2, 0.25) is 5.91 Å². The van der Waals surface area contributed by atoms with Crippen molar-refractivity contribution < 1.29 is 64.6 Å². The van der Waals surface area contributed by atoms with Gasteiger partial charge in [-0.2, -0.15) is 0 Å². The highest BCUT2D eigenvalue weighted by atomic mass is 16.7. The Morgan fingerprint density at radius 2 is 0.986 bits per heavy atom. The van der Waals surface area contributed by atoms with Crippen molar-refractivity contribution in [2.24, 2.45) is 0 Å². The summed E-state index contributed by atoms with van der Waals surface area (Å²) in [7, 11) is 0. The number of carbonyl (C=O) groups is 1. The molecule has 404 valence electrons. The first kappa shape index (κ1) is 63.5. The lowest BCUT2D eigenvalue weighted by Crippen LogP contribution is -2.65. The number of carbonyl (C=O) groups excluding carboxylic acids is 1. The van der Waals surface area contributed by atoms with Gasteiger partial charge >= 0.3 is 0 Å². The van der Waals surface area contributed by atoms with E-state index in [0.29, 0.717) is 6.42 Å². The molecule has 2 aliphatic rings. The first-order chi connectivity index (χ1) is 34.1. The number of unbranched alkanes of at least 4 members (excludes halogenated alkanes) is 18. The minimum Gasteiger partial charge on any atom is -0.394 e. The van der Waals surface area contributed by atoms with Crippen molar-refractivity contribution in [2.45, 2.75) is 254 Å². The molecule has 0 saturated carbocycles. The SMILES string of the molecule is CC/C=C\C/C=C\C/C=C\C/C=C\C/C=C\CCCCCCCCCCCCCCCCCC(=O)NC(COC1OC(CO)C(OC2OC(CO)C(O)C(O)C2O)C(O)C1O)C(O)/C=C/CCCCC. The van der Waals surface area contributed by atoms with Crippen LogP contribution in [0.3, 0.4) is 0 Å². The predicted molar refractivity (Wildman–Crippen MR) is 277 cm³/mol. The van der Waals surface area contributed by atoms with Crippen LogP contribution in [0.4, 0.5) is 0 Å². The number of hydrogen-bond acceptors (Lipinski definition) is 13. The Morgan fingerprint density at radius 3 is 1.51 bits per heavy atom. The second kappa shape index (κ2) is 41.9. The number of aliphatic hydroxyl groups is 8. The molecule has 2 saturated heterocycles. The Labute approximate surface area is 421 Å². The van der Waals surface area contributed by atoms with E-state index in [-0.39, 0.29) is 18.9 Å². The zero-order valence-electron chi connectivity index (χ0n) is 43.0. The number of aliphatic hydroxyl groups excluding tert-OH is 8. The molecule has 9 N–H and O–H groups in total. The van der Waals surface area contributed by atoms with Gasteiger partial charge < -0.3 is 65.1 Å². The van der Waals surface area contributed by atoms with Crippen LogP contribution in [-0.4, -0.2) is 140 Å². The Balaban J connectivity index is 1.58. The Morgan fingerprint density at radius 1 is 0.529 bits per heavy atom. The van der Waals surface area contributed by atoms with Crippen LogP contribution >= 0.6 is 0 Å². The van der Waals surface area contributed by atoms with Crippen LogP contribution in [0.1, 0.15) is 181 Å². The smallest absolute Gasteiger partial charge is 0.220 e. The van der Waals surface area contributed by atoms with Crippen molar-refractivity contribution in [1.82, 2.24) is 5.32 Å². The highest BCUT2D eigenvalue weighted by Gasteiger charge is 2.51. The van der Waals surface area contributed by atoms with Gasteiger partial charge in [0.1, 0.15) is 48.8 Å². The van der Waals surface area contributed by atoms with Gasteiger partial charge in [-0.15, -0.1) is 0 Å². The summed E-state index contributed by atoms with van der Waals surface area (Å²) < 4.78 is 22.6. The maximum Gasteiger partial charge on any atom is 0.220 e. The topological polar surface area (TPSA) is 228 Å². The van der Waals surface area contributed by atoms with E-state index in [1.807, 2.05) is 6.08 Å². The predicted octanol–water partition coefficient (Wildman–Crippen LogP) is 7.99. The molecule has 0 bridgehead atoms. The molecule has 0 aliphatic carbocycles. The molecule has 0 spiro atoms. The van der Waals surface area contributed by atoms with Crippen LogP contribution in [0, 0.1) is 0 Å². The molecule has 0 aromatic carbocycles. The molecule has 12 atom stereocenters. The number of ether oxygens (including phenoxy) is 4. The number of allylic oxidation sites excluding steroid dienone is 11. The van der Waals surface area contributed by atoms with Gasteiger partial charge in [0.15, 0.2) is 12.6 Å². The maximum atomic E-state index is 13.1. The third kappa shape index (κ3) is 28.0. The van der Waals surface area contributed by atoms with Crippen molar-refractivity contribution in [2.75, 3.05) is 19.8 Å². The van der Waals surface area contributed by atoms with Crippen molar-refractivity contribution in [1.29, 1.82) is 0 Å². The van der Waals surface area contributed by atoms with E-state index in [2.05, 4.69) is 79.9 Å². The normalized spacial score (nSPS) is 26.5. The average Bonchev–Trinajstić information content (AvgIpc) is 3.36. The van der Waals surface area contributed by atoms with E-state index in [1.165, 1.54) is 77.0 Å². The molecule has 2 aliphatic heterocycles. The van der Waals surface area contributed by atoms with Crippen LogP contribution in [0.2, 0.25) is 0 Å². The summed E-state index contributed by atoms with van der Waals surface area (Å²) in [4.78, 5) is 13.1. The van der Waals surface area contributed by atoms with E-state index in [4.69, 9.17) is 18.9 Å². The summed E-state index contributed by atoms with van der Waals surface area (Å²) in [6, 6.07) is -0.913. The minimum absolute atomic E-state index is 0.250. The number of amides is 1. The zero-order chi connectivity index (χ0) is 51.0. The molecule has 2 rings (SSSR count). The lowest BCUT2D eigenvalue weighted by atomic mass is 9.97. The van der Waals surface area contributed by atoms with E-state index in [9.17, 15) is 45.6 Å². The molecule has 2 fully saturated rings. The third-order valence-corrected chi connectivity index (χ3v) is 12.9.